The quantitative estimate of drug-likeness (QED) is 0.696. The van der Waals surface area contributed by atoms with Crippen molar-refractivity contribution in [2.75, 3.05) is 0 Å². The minimum atomic E-state index is -0.525. The SMILES string of the molecule is C#CCC1CCC(c2c(F)cc(-c3ccc(Cl)cn3)cc2Cl)C1=O. The Morgan fingerprint density at radius 1 is 1.29 bits per heavy atom. The predicted octanol–water partition coefficient (Wildman–Crippen LogP) is 5.28. The molecule has 2 aromatic rings. The number of carbonyl (C=O) groups is 1. The standard InChI is InChI=1S/C19H14Cl2FNO/c1-2-3-11-4-6-14(19(11)24)18-15(21)8-12(9-16(18)22)17-7-5-13(20)10-23-17/h1,5,7-11,14H,3-4,6H2. The monoisotopic (exact) mass is 361 g/mol. The molecule has 0 amide bonds. The lowest BCUT2D eigenvalue weighted by Crippen LogP contribution is -2.14. The third-order valence-corrected chi connectivity index (χ3v) is 4.90. The van der Waals surface area contributed by atoms with Crippen LogP contribution in [0.4, 0.5) is 4.39 Å². The lowest BCUT2D eigenvalue weighted by molar-refractivity contribution is -0.121. The number of terminal acetylenes is 1. The second-order valence-corrected chi connectivity index (χ2v) is 6.70. The van der Waals surface area contributed by atoms with Gasteiger partial charge in [-0.05, 0) is 37.1 Å². The molecule has 1 fully saturated rings. The van der Waals surface area contributed by atoms with Crippen molar-refractivity contribution in [2.45, 2.75) is 25.2 Å². The van der Waals surface area contributed by atoms with Gasteiger partial charge in [0.05, 0.1) is 10.7 Å². The van der Waals surface area contributed by atoms with Crippen LogP contribution in [0.5, 0.6) is 0 Å². The highest BCUT2D eigenvalue weighted by Crippen LogP contribution is 2.41. The Morgan fingerprint density at radius 3 is 2.71 bits per heavy atom. The van der Waals surface area contributed by atoms with Crippen molar-refractivity contribution < 1.29 is 9.18 Å². The van der Waals surface area contributed by atoms with Crippen LogP contribution >= 0.6 is 23.2 Å². The largest absolute Gasteiger partial charge is 0.299 e. The number of carbonyl (C=O) groups excluding carboxylic acids is 1. The van der Waals surface area contributed by atoms with Crippen molar-refractivity contribution in [1.82, 2.24) is 4.98 Å². The molecule has 2 atom stereocenters. The van der Waals surface area contributed by atoms with Gasteiger partial charge < -0.3 is 0 Å². The fourth-order valence-corrected chi connectivity index (χ4v) is 3.63. The van der Waals surface area contributed by atoms with E-state index in [1.54, 1.807) is 18.2 Å². The maximum atomic E-state index is 14.7. The summed E-state index contributed by atoms with van der Waals surface area (Å²) in [5, 5.41) is 0.736. The van der Waals surface area contributed by atoms with Crippen LogP contribution < -0.4 is 0 Å². The van der Waals surface area contributed by atoms with Crippen LogP contribution in [0.3, 0.4) is 0 Å². The molecule has 0 saturated heterocycles. The van der Waals surface area contributed by atoms with E-state index in [9.17, 15) is 9.18 Å². The Balaban J connectivity index is 1.95. The van der Waals surface area contributed by atoms with E-state index in [1.165, 1.54) is 12.3 Å². The smallest absolute Gasteiger partial charge is 0.144 e. The average molecular weight is 362 g/mol. The minimum Gasteiger partial charge on any atom is -0.299 e. The van der Waals surface area contributed by atoms with Crippen molar-refractivity contribution in [2.24, 2.45) is 5.92 Å². The molecule has 24 heavy (non-hydrogen) atoms. The molecule has 5 heteroatoms. The highest BCUT2D eigenvalue weighted by molar-refractivity contribution is 6.32. The zero-order valence-electron chi connectivity index (χ0n) is 12.7. The van der Waals surface area contributed by atoms with Gasteiger partial charge in [0.25, 0.3) is 0 Å². The van der Waals surface area contributed by atoms with Crippen LogP contribution in [0.15, 0.2) is 30.5 Å². The van der Waals surface area contributed by atoms with Crippen LogP contribution in [0.1, 0.15) is 30.7 Å². The van der Waals surface area contributed by atoms with Crippen molar-refractivity contribution in [3.05, 3.63) is 51.9 Å². The Hall–Kier alpha value is -1.89. The lowest BCUT2D eigenvalue weighted by atomic mass is 9.92. The van der Waals surface area contributed by atoms with Crippen LogP contribution in [0.2, 0.25) is 10.0 Å². The van der Waals surface area contributed by atoms with Gasteiger partial charge in [0.15, 0.2) is 0 Å². The maximum Gasteiger partial charge on any atom is 0.144 e. The number of benzene rings is 1. The molecule has 0 aliphatic heterocycles. The first-order chi connectivity index (χ1) is 11.5. The number of ketones is 1. The maximum absolute atomic E-state index is 14.7. The third-order valence-electron chi connectivity index (χ3n) is 4.36. The third kappa shape index (κ3) is 3.17. The molecular weight excluding hydrogens is 348 g/mol. The molecule has 3 rings (SSSR count). The molecule has 2 unspecified atom stereocenters. The fraction of sp³-hybridized carbons (Fsp3) is 0.263. The Morgan fingerprint density at radius 2 is 2.08 bits per heavy atom. The normalized spacial score (nSPS) is 20.2. The summed E-state index contributed by atoms with van der Waals surface area (Å²) in [6.45, 7) is 0. The van der Waals surface area contributed by atoms with E-state index in [2.05, 4.69) is 10.9 Å². The highest BCUT2D eigenvalue weighted by Gasteiger charge is 2.37. The average Bonchev–Trinajstić information content (AvgIpc) is 2.89. The van der Waals surface area contributed by atoms with Gasteiger partial charge in [-0.3, -0.25) is 9.78 Å². The summed E-state index contributed by atoms with van der Waals surface area (Å²) in [7, 11) is 0. The summed E-state index contributed by atoms with van der Waals surface area (Å²) in [6.07, 6.45) is 8.41. The molecule has 0 N–H and O–H groups in total. The van der Waals surface area contributed by atoms with Crippen molar-refractivity contribution in [1.29, 1.82) is 0 Å². The summed E-state index contributed by atoms with van der Waals surface area (Å²) in [4.78, 5) is 16.6. The van der Waals surface area contributed by atoms with Gasteiger partial charge in [-0.25, -0.2) is 4.39 Å². The number of aromatic nitrogens is 1. The van der Waals surface area contributed by atoms with Crippen molar-refractivity contribution in [3.8, 4) is 23.6 Å². The molecule has 1 heterocycles. The first-order valence-electron chi connectivity index (χ1n) is 7.59. The lowest BCUT2D eigenvalue weighted by Gasteiger charge is -2.14. The molecule has 1 aliphatic carbocycles. The Labute approximate surface area is 150 Å². The first kappa shape index (κ1) is 17.0. The molecule has 122 valence electrons. The van der Waals surface area contributed by atoms with E-state index < -0.39 is 11.7 Å². The molecule has 1 aromatic heterocycles. The summed E-state index contributed by atoms with van der Waals surface area (Å²) >= 11 is 12.1. The molecule has 1 aromatic carbocycles. The first-order valence-corrected chi connectivity index (χ1v) is 8.35. The molecule has 2 nitrogen and oxygen atoms in total. The number of rotatable bonds is 3. The van der Waals surface area contributed by atoms with E-state index in [0.717, 1.165) is 0 Å². The summed E-state index contributed by atoms with van der Waals surface area (Å²) in [5.41, 5.74) is 1.37. The molecule has 0 spiro atoms. The highest BCUT2D eigenvalue weighted by atomic mass is 35.5. The Bertz CT molecular complexity index is 803. The van der Waals surface area contributed by atoms with E-state index in [-0.39, 0.29) is 22.3 Å². The van der Waals surface area contributed by atoms with Gasteiger partial charge in [-0.1, -0.05) is 23.2 Å². The zero-order chi connectivity index (χ0) is 17.3. The van der Waals surface area contributed by atoms with Crippen LogP contribution in [0, 0.1) is 24.1 Å². The summed E-state index contributed by atoms with van der Waals surface area (Å²) in [6, 6.07) is 6.36. The van der Waals surface area contributed by atoms with Gasteiger partial charge in [0, 0.05) is 40.6 Å². The van der Waals surface area contributed by atoms with Gasteiger partial charge in [0.1, 0.15) is 11.6 Å². The van der Waals surface area contributed by atoms with Gasteiger partial charge >= 0.3 is 0 Å². The van der Waals surface area contributed by atoms with E-state index in [1.807, 2.05) is 0 Å². The zero-order valence-corrected chi connectivity index (χ0v) is 14.2. The predicted molar refractivity (Wildman–Crippen MR) is 93.6 cm³/mol. The number of nitrogens with zero attached hydrogens (tertiary/aromatic N) is 1. The topological polar surface area (TPSA) is 30.0 Å². The number of hydrogen-bond acceptors (Lipinski definition) is 2. The molecule has 0 bridgehead atoms. The number of halogens is 3. The molecule has 1 aliphatic rings. The molecular formula is C19H14Cl2FNO. The summed E-state index contributed by atoms with van der Waals surface area (Å²) < 4.78 is 14.7. The number of Topliss-reactive ketones (excluding diaryl/α,β-unsaturated/α-hetero) is 1. The molecule has 1 saturated carbocycles. The van der Waals surface area contributed by atoms with Crippen molar-refractivity contribution >= 4 is 29.0 Å². The van der Waals surface area contributed by atoms with Gasteiger partial charge in [0.2, 0.25) is 0 Å². The number of hydrogen-bond donors (Lipinski definition) is 0. The van der Waals surface area contributed by atoms with Gasteiger partial charge in [-0.2, -0.15) is 0 Å². The fourth-order valence-electron chi connectivity index (χ4n) is 3.18. The summed E-state index contributed by atoms with van der Waals surface area (Å²) in [5.74, 6) is 1.27. The van der Waals surface area contributed by atoms with Crippen LogP contribution in [-0.4, -0.2) is 10.8 Å². The second-order valence-electron chi connectivity index (χ2n) is 5.85. The van der Waals surface area contributed by atoms with Crippen LogP contribution in [0.25, 0.3) is 11.3 Å². The van der Waals surface area contributed by atoms with E-state index >= 15 is 0 Å². The molecule has 0 radical (unpaired) electrons. The second kappa shape index (κ2) is 6.93. The van der Waals surface area contributed by atoms with E-state index in [0.29, 0.717) is 35.5 Å². The van der Waals surface area contributed by atoms with Crippen molar-refractivity contribution in [3.63, 3.8) is 0 Å². The van der Waals surface area contributed by atoms with E-state index in [4.69, 9.17) is 29.6 Å². The van der Waals surface area contributed by atoms with Gasteiger partial charge in [-0.15, -0.1) is 12.3 Å². The van der Waals surface area contributed by atoms with Crippen LogP contribution in [-0.2, 0) is 4.79 Å². The minimum absolute atomic E-state index is 0.0221. The Kier molecular flexibility index (Phi) is 4.89. The number of pyridine rings is 1.